The molecule has 3 nitrogen and oxygen atoms in total. The van der Waals surface area contributed by atoms with Crippen molar-refractivity contribution >= 4 is 18.2 Å². The SMILES string of the molecule is O=S(=O)(O)S(c1ccccc1)(c1ccccc1)c1ccccc1. The zero-order valence-electron chi connectivity index (χ0n) is 12.2. The van der Waals surface area contributed by atoms with Crippen LogP contribution in [-0.2, 0) is 9.15 Å². The first-order valence-electron chi connectivity index (χ1n) is 7.03. The zero-order chi connectivity index (χ0) is 16.3. The topological polar surface area (TPSA) is 54.4 Å². The monoisotopic (exact) mass is 344 g/mol. The van der Waals surface area contributed by atoms with Gasteiger partial charge >= 0.3 is 9.15 Å². The van der Waals surface area contributed by atoms with Gasteiger partial charge in [-0.05, 0) is 45.5 Å². The molecule has 0 saturated heterocycles. The van der Waals surface area contributed by atoms with Gasteiger partial charge in [-0.25, -0.2) is 0 Å². The van der Waals surface area contributed by atoms with E-state index in [1.165, 1.54) is 0 Å². The van der Waals surface area contributed by atoms with Crippen LogP contribution in [0.3, 0.4) is 0 Å². The minimum absolute atomic E-state index is 0.583. The van der Waals surface area contributed by atoms with Crippen molar-refractivity contribution in [2.45, 2.75) is 14.7 Å². The van der Waals surface area contributed by atoms with Crippen LogP contribution in [0, 0.1) is 0 Å². The van der Waals surface area contributed by atoms with Gasteiger partial charge in [0.05, 0.1) is 0 Å². The van der Waals surface area contributed by atoms with Crippen molar-refractivity contribution in [3.05, 3.63) is 91.0 Å². The van der Waals surface area contributed by atoms with Gasteiger partial charge in [-0.2, -0.15) is 8.42 Å². The molecule has 118 valence electrons. The highest BCUT2D eigenvalue weighted by molar-refractivity contribution is 8.88. The molecule has 0 aliphatic heterocycles. The fourth-order valence-corrected chi connectivity index (χ4v) is 8.97. The minimum Gasteiger partial charge on any atom is -0.278 e. The van der Waals surface area contributed by atoms with Gasteiger partial charge in [0.15, 0.2) is 0 Å². The summed E-state index contributed by atoms with van der Waals surface area (Å²) in [6, 6.07) is 26.7. The molecule has 0 saturated carbocycles. The van der Waals surface area contributed by atoms with E-state index in [0.717, 1.165) is 0 Å². The molecule has 0 heterocycles. The molecule has 0 spiro atoms. The highest BCUT2D eigenvalue weighted by Crippen LogP contribution is 2.71. The van der Waals surface area contributed by atoms with Crippen LogP contribution >= 0.6 is 9.06 Å². The quantitative estimate of drug-likeness (QED) is 0.548. The Morgan fingerprint density at radius 2 is 0.783 bits per heavy atom. The van der Waals surface area contributed by atoms with E-state index >= 15 is 0 Å². The summed E-state index contributed by atoms with van der Waals surface area (Å²) in [7, 11) is -7.22. The van der Waals surface area contributed by atoms with Gasteiger partial charge in [0.2, 0.25) is 0 Å². The molecule has 1 N–H and O–H groups in total. The molecule has 0 atom stereocenters. The Kier molecular flexibility index (Phi) is 4.26. The molecule has 5 heteroatoms. The zero-order valence-corrected chi connectivity index (χ0v) is 13.9. The number of benzene rings is 3. The third kappa shape index (κ3) is 2.67. The van der Waals surface area contributed by atoms with Crippen molar-refractivity contribution in [3.8, 4) is 0 Å². The number of hydrogen-bond donors (Lipinski definition) is 1. The average molecular weight is 344 g/mol. The molecule has 23 heavy (non-hydrogen) atoms. The number of hydrogen-bond acceptors (Lipinski definition) is 2. The van der Waals surface area contributed by atoms with Crippen molar-refractivity contribution in [1.29, 1.82) is 0 Å². The van der Waals surface area contributed by atoms with Crippen LogP contribution in [0.1, 0.15) is 0 Å². The standard InChI is InChI=1S/C18H16O3S2/c19-23(20,21)22(16-10-4-1-5-11-16,17-12-6-2-7-13-17)18-14-8-3-9-15-18/h1-15H,(H,19,20,21). The molecule has 0 aliphatic carbocycles. The van der Waals surface area contributed by atoms with Gasteiger partial charge in [-0.3, -0.25) is 4.55 Å². The smallest absolute Gasteiger partial charge is 0.278 e. The van der Waals surface area contributed by atoms with Crippen molar-refractivity contribution in [2.75, 3.05) is 0 Å². The van der Waals surface area contributed by atoms with E-state index in [0.29, 0.717) is 14.7 Å². The van der Waals surface area contributed by atoms with Crippen LogP contribution in [0.4, 0.5) is 0 Å². The van der Waals surface area contributed by atoms with E-state index < -0.39 is 18.2 Å². The summed E-state index contributed by atoms with van der Waals surface area (Å²) in [6.07, 6.45) is 0. The summed E-state index contributed by atoms with van der Waals surface area (Å²) in [5.74, 6) is 0. The van der Waals surface area contributed by atoms with Crippen LogP contribution in [0.5, 0.6) is 0 Å². The van der Waals surface area contributed by atoms with Crippen LogP contribution in [0.15, 0.2) is 106 Å². The van der Waals surface area contributed by atoms with Crippen molar-refractivity contribution < 1.29 is 13.0 Å². The van der Waals surface area contributed by atoms with Gasteiger partial charge in [0.1, 0.15) is 0 Å². The first kappa shape index (κ1) is 15.8. The summed E-state index contributed by atoms with van der Waals surface area (Å²) < 4.78 is 35.6. The predicted molar refractivity (Wildman–Crippen MR) is 93.3 cm³/mol. The first-order chi connectivity index (χ1) is 11.1. The molecule has 0 radical (unpaired) electrons. The van der Waals surface area contributed by atoms with E-state index in [-0.39, 0.29) is 0 Å². The van der Waals surface area contributed by atoms with E-state index in [4.69, 9.17) is 0 Å². The predicted octanol–water partition coefficient (Wildman–Crippen LogP) is 4.77. The fourth-order valence-electron chi connectivity index (χ4n) is 2.61. The molecule has 0 bridgehead atoms. The normalized spacial score (nSPS) is 12.7. The Morgan fingerprint density at radius 3 is 1.00 bits per heavy atom. The van der Waals surface area contributed by atoms with Crippen LogP contribution in [0.2, 0.25) is 0 Å². The molecule has 0 aromatic heterocycles. The summed E-state index contributed by atoms with van der Waals surface area (Å²) in [6.45, 7) is 0. The Morgan fingerprint density at radius 1 is 0.522 bits per heavy atom. The molecule has 3 rings (SSSR count). The second kappa shape index (κ2) is 6.20. The summed E-state index contributed by atoms with van der Waals surface area (Å²) >= 11 is 0. The van der Waals surface area contributed by atoms with E-state index in [1.807, 2.05) is 18.2 Å². The molecule has 0 amide bonds. The lowest BCUT2D eigenvalue weighted by atomic mass is 10.4. The van der Waals surface area contributed by atoms with Crippen molar-refractivity contribution in [1.82, 2.24) is 0 Å². The Labute approximate surface area is 137 Å². The maximum Gasteiger partial charge on any atom is 0.314 e. The first-order valence-corrected chi connectivity index (χ1v) is 10.6. The van der Waals surface area contributed by atoms with Gasteiger partial charge in [0, 0.05) is 14.7 Å². The van der Waals surface area contributed by atoms with Crippen molar-refractivity contribution in [2.24, 2.45) is 0 Å². The van der Waals surface area contributed by atoms with Gasteiger partial charge < -0.3 is 0 Å². The lowest BCUT2D eigenvalue weighted by Gasteiger charge is -2.37. The van der Waals surface area contributed by atoms with Gasteiger partial charge in [-0.15, -0.1) is 0 Å². The Balaban J connectivity index is 2.46. The highest BCUT2D eigenvalue weighted by Gasteiger charge is 2.42. The Bertz CT molecular complexity index is 781. The van der Waals surface area contributed by atoms with Crippen molar-refractivity contribution in [3.63, 3.8) is 0 Å². The second-order valence-corrected chi connectivity index (χ2v) is 11.1. The van der Waals surface area contributed by atoms with Crippen LogP contribution < -0.4 is 0 Å². The average Bonchev–Trinajstić information content (AvgIpc) is 2.57. The van der Waals surface area contributed by atoms with Gasteiger partial charge in [-0.1, -0.05) is 54.6 Å². The van der Waals surface area contributed by atoms with E-state index in [9.17, 15) is 13.0 Å². The second-order valence-electron chi connectivity index (χ2n) is 4.92. The maximum atomic E-state index is 12.6. The molecule has 0 fully saturated rings. The molecule has 3 aromatic carbocycles. The van der Waals surface area contributed by atoms with Gasteiger partial charge in [0.25, 0.3) is 0 Å². The van der Waals surface area contributed by atoms with E-state index in [1.54, 1.807) is 72.8 Å². The maximum absolute atomic E-state index is 12.6. The third-order valence-electron chi connectivity index (χ3n) is 3.54. The summed E-state index contributed by atoms with van der Waals surface area (Å²) in [4.78, 5) is 1.75. The lowest BCUT2D eigenvalue weighted by molar-refractivity contribution is 0.501. The van der Waals surface area contributed by atoms with Crippen LogP contribution in [-0.4, -0.2) is 13.0 Å². The fraction of sp³-hybridized carbons (Fsp3) is 0. The lowest BCUT2D eigenvalue weighted by Crippen LogP contribution is -2.14. The largest absolute Gasteiger partial charge is 0.314 e. The third-order valence-corrected chi connectivity index (χ3v) is 10.6. The molecular weight excluding hydrogens is 328 g/mol. The molecule has 3 aromatic rings. The highest BCUT2D eigenvalue weighted by atomic mass is 33.2. The molecule has 0 unspecified atom stereocenters. The summed E-state index contributed by atoms with van der Waals surface area (Å²) in [5, 5.41) is 0. The Hall–Kier alpha value is -2.08. The summed E-state index contributed by atoms with van der Waals surface area (Å²) in [5.41, 5.74) is 0. The minimum atomic E-state index is -4.40. The van der Waals surface area contributed by atoms with E-state index in [2.05, 4.69) is 0 Å². The molecular formula is C18H16O3S2. The molecule has 0 aliphatic rings. The number of rotatable bonds is 4. The van der Waals surface area contributed by atoms with Crippen LogP contribution in [0.25, 0.3) is 0 Å².